The molecule has 0 saturated heterocycles. The summed E-state index contributed by atoms with van der Waals surface area (Å²) in [7, 11) is 0. The summed E-state index contributed by atoms with van der Waals surface area (Å²) >= 11 is 0. The van der Waals surface area contributed by atoms with Crippen LogP contribution < -0.4 is 0 Å². The number of benzene rings is 2. The fourth-order valence-electron chi connectivity index (χ4n) is 0.978. The number of carboxylic acid groups (broad SMARTS) is 1. The van der Waals surface area contributed by atoms with Crippen molar-refractivity contribution in [2.75, 3.05) is 0 Å². The van der Waals surface area contributed by atoms with E-state index in [0.29, 0.717) is 0 Å². The monoisotopic (exact) mass is 301 g/mol. The van der Waals surface area contributed by atoms with Crippen LogP contribution in [-0.4, -0.2) is 11.1 Å². The Bertz CT molecular complexity index is 397. The van der Waals surface area contributed by atoms with Crippen LogP contribution in [0.15, 0.2) is 48.5 Å². The zero-order valence-corrected chi connectivity index (χ0v) is 12.4. The first kappa shape index (κ1) is 16.0. The number of aromatic carboxylic acids is 1. The van der Waals surface area contributed by atoms with E-state index in [1.165, 1.54) is 6.07 Å². The first-order chi connectivity index (χ1) is 7.70. The maximum Gasteiger partial charge on any atom is 0.247 e. The van der Waals surface area contributed by atoms with Crippen molar-refractivity contribution >= 4 is 5.97 Å². The van der Waals surface area contributed by atoms with Gasteiger partial charge in [0, 0.05) is 32.7 Å². The molecule has 17 heavy (non-hydrogen) atoms. The molecular weight excluding hydrogens is 289 g/mol. The second kappa shape index (κ2) is 9.09. The average Bonchev–Trinajstić information content (AvgIpc) is 2.32. The summed E-state index contributed by atoms with van der Waals surface area (Å²) in [6.07, 6.45) is 0. The number of carboxylic acids is 1. The van der Waals surface area contributed by atoms with Gasteiger partial charge in [0.2, 0.25) is 5.97 Å². The summed E-state index contributed by atoms with van der Waals surface area (Å²) in [6.45, 7) is 1.89. The standard InChI is InChI=1S/C8H7O2.C6H5.Y/c1-6-2-4-7(5-3-6)8(9)10;1-2-4-6-5-3-1;/h2-4H,1H3,(H,9,10);1-5H;/q2*-1;. The van der Waals surface area contributed by atoms with E-state index >= 15 is 0 Å². The van der Waals surface area contributed by atoms with Gasteiger partial charge in [-0.15, -0.1) is 29.8 Å². The molecule has 0 aromatic heterocycles. The van der Waals surface area contributed by atoms with Crippen molar-refractivity contribution in [2.45, 2.75) is 6.92 Å². The molecule has 0 bridgehead atoms. The molecular formula is C14H12O2Y-2. The quantitative estimate of drug-likeness (QED) is 0.822. The second-order valence-corrected chi connectivity index (χ2v) is 3.16. The molecule has 0 atom stereocenters. The van der Waals surface area contributed by atoms with Crippen molar-refractivity contribution in [3.8, 4) is 0 Å². The Hall–Kier alpha value is -0.986. The van der Waals surface area contributed by atoms with Gasteiger partial charge in [0.15, 0.2) is 0 Å². The van der Waals surface area contributed by atoms with Crippen molar-refractivity contribution in [1.29, 1.82) is 0 Å². The first-order valence-corrected chi connectivity index (χ1v) is 4.83. The Morgan fingerprint density at radius 3 is 2.12 bits per heavy atom. The van der Waals surface area contributed by atoms with Crippen LogP contribution in [0.4, 0.5) is 0 Å². The number of carbonyl (C=O) groups is 1. The molecule has 0 unspecified atom stereocenters. The molecule has 0 aliphatic rings. The Kier molecular flexibility index (Phi) is 8.56. The van der Waals surface area contributed by atoms with Gasteiger partial charge in [-0.1, -0.05) is 12.5 Å². The third kappa shape index (κ3) is 7.03. The molecule has 0 amide bonds. The van der Waals surface area contributed by atoms with Gasteiger partial charge in [-0.25, -0.2) is 0 Å². The Balaban J connectivity index is 0.000000316. The van der Waals surface area contributed by atoms with Gasteiger partial charge in [0.1, 0.15) is 0 Å². The van der Waals surface area contributed by atoms with Crippen molar-refractivity contribution in [3.63, 3.8) is 0 Å². The Morgan fingerprint density at radius 1 is 1.18 bits per heavy atom. The van der Waals surface area contributed by atoms with Gasteiger partial charge in [-0.2, -0.15) is 36.4 Å². The van der Waals surface area contributed by atoms with E-state index in [1.54, 1.807) is 12.1 Å². The zero-order chi connectivity index (χ0) is 11.8. The molecule has 1 N–H and O–H groups in total. The summed E-state index contributed by atoms with van der Waals surface area (Å²) in [5.74, 6) is -0.931. The molecule has 2 aromatic carbocycles. The fraction of sp³-hybridized carbons (Fsp3) is 0.0714. The summed E-state index contributed by atoms with van der Waals surface area (Å²) in [4.78, 5) is 10.3. The van der Waals surface area contributed by atoms with E-state index in [9.17, 15) is 4.79 Å². The molecule has 0 aliphatic heterocycles. The maximum atomic E-state index is 10.3. The molecule has 0 heterocycles. The predicted molar refractivity (Wildman–Crippen MR) is 62.3 cm³/mol. The number of rotatable bonds is 1. The largest absolute Gasteiger partial charge is 0.521 e. The van der Waals surface area contributed by atoms with Gasteiger partial charge in [0.25, 0.3) is 0 Å². The average molecular weight is 301 g/mol. The SMILES string of the molecule is Cc1c[c-]c(C(=O)O)cc1.[Y].[c-]1ccccc1. The molecule has 0 aliphatic carbocycles. The van der Waals surface area contributed by atoms with Crippen LogP contribution >= 0.6 is 0 Å². The number of aryl methyl sites for hydroxylation is 1. The number of hydrogen-bond acceptors (Lipinski definition) is 1. The van der Waals surface area contributed by atoms with Gasteiger partial charge < -0.3 is 9.90 Å². The molecule has 1 radical (unpaired) electrons. The molecule has 0 saturated carbocycles. The molecule has 85 valence electrons. The van der Waals surface area contributed by atoms with E-state index in [-0.39, 0.29) is 38.3 Å². The third-order valence-corrected chi connectivity index (χ3v) is 1.81. The van der Waals surface area contributed by atoms with Crippen LogP contribution in [0.5, 0.6) is 0 Å². The maximum absolute atomic E-state index is 10.3. The molecule has 2 nitrogen and oxygen atoms in total. The van der Waals surface area contributed by atoms with E-state index in [4.69, 9.17) is 5.11 Å². The second-order valence-electron chi connectivity index (χ2n) is 3.16. The van der Waals surface area contributed by atoms with Crippen LogP contribution in [0.1, 0.15) is 15.9 Å². The van der Waals surface area contributed by atoms with E-state index < -0.39 is 5.97 Å². The Morgan fingerprint density at radius 2 is 1.82 bits per heavy atom. The van der Waals surface area contributed by atoms with Crippen molar-refractivity contribution in [2.24, 2.45) is 0 Å². The molecule has 0 fully saturated rings. The van der Waals surface area contributed by atoms with Gasteiger partial charge in [-0.3, -0.25) is 0 Å². The van der Waals surface area contributed by atoms with Crippen LogP contribution in [0.2, 0.25) is 0 Å². The van der Waals surface area contributed by atoms with E-state index in [2.05, 4.69) is 12.1 Å². The summed E-state index contributed by atoms with van der Waals surface area (Å²) in [6, 6.07) is 20.1. The predicted octanol–water partition coefficient (Wildman–Crippen LogP) is 2.98. The van der Waals surface area contributed by atoms with Gasteiger partial charge in [-0.05, 0) is 0 Å². The minimum atomic E-state index is -0.931. The molecule has 2 aromatic rings. The number of hydrogen-bond donors (Lipinski definition) is 1. The van der Waals surface area contributed by atoms with Gasteiger partial charge in [0.05, 0.1) is 0 Å². The normalized spacial score (nSPS) is 8.29. The smallest absolute Gasteiger partial charge is 0.247 e. The molecule has 0 spiro atoms. The van der Waals surface area contributed by atoms with E-state index in [1.807, 2.05) is 37.3 Å². The summed E-state index contributed by atoms with van der Waals surface area (Å²) in [5, 5.41) is 8.44. The van der Waals surface area contributed by atoms with Crippen LogP contribution in [-0.2, 0) is 32.7 Å². The minimum Gasteiger partial charge on any atom is -0.521 e. The minimum absolute atomic E-state index is 0. The first-order valence-electron chi connectivity index (χ1n) is 4.83. The summed E-state index contributed by atoms with van der Waals surface area (Å²) < 4.78 is 0. The molecule has 3 heteroatoms. The Labute approximate surface area is 127 Å². The molecule has 2 rings (SSSR count). The van der Waals surface area contributed by atoms with Crippen molar-refractivity contribution in [3.05, 3.63) is 71.8 Å². The van der Waals surface area contributed by atoms with Crippen LogP contribution in [0, 0.1) is 19.1 Å². The topological polar surface area (TPSA) is 37.3 Å². The van der Waals surface area contributed by atoms with Gasteiger partial charge >= 0.3 is 0 Å². The third-order valence-electron chi connectivity index (χ3n) is 1.81. The van der Waals surface area contributed by atoms with Crippen molar-refractivity contribution < 1.29 is 42.6 Å². The summed E-state index contributed by atoms with van der Waals surface area (Å²) in [5.41, 5.74) is 1.23. The fourth-order valence-corrected chi connectivity index (χ4v) is 0.978. The van der Waals surface area contributed by atoms with Crippen molar-refractivity contribution in [1.82, 2.24) is 0 Å². The van der Waals surface area contributed by atoms with Crippen LogP contribution in [0.25, 0.3) is 0 Å². The van der Waals surface area contributed by atoms with Crippen LogP contribution in [0.3, 0.4) is 0 Å². The zero-order valence-electron chi connectivity index (χ0n) is 9.55. The van der Waals surface area contributed by atoms with E-state index in [0.717, 1.165) is 5.56 Å².